The highest BCUT2D eigenvalue weighted by Gasteiger charge is 2.40. The molecule has 1 aromatic rings. The Morgan fingerprint density at radius 3 is 2.45 bits per heavy atom. The molecule has 3 nitrogen and oxygen atoms in total. The number of halogens is 1. The number of hydrogen-bond donors (Lipinski definition) is 1. The summed E-state index contributed by atoms with van der Waals surface area (Å²) in [6, 6.07) is 6.51. The minimum Gasteiger partial charge on any atom is -0.372 e. The summed E-state index contributed by atoms with van der Waals surface area (Å²) in [6.07, 6.45) is 4.87. The number of rotatable bonds is 6. The van der Waals surface area contributed by atoms with Gasteiger partial charge in [0.1, 0.15) is 0 Å². The molecule has 0 saturated heterocycles. The predicted molar refractivity (Wildman–Crippen MR) is 90.4 cm³/mol. The van der Waals surface area contributed by atoms with E-state index >= 15 is 0 Å². The van der Waals surface area contributed by atoms with E-state index in [0.717, 1.165) is 17.4 Å². The van der Waals surface area contributed by atoms with E-state index in [9.17, 15) is 0 Å². The molecule has 2 rings (SSSR count). The molecule has 0 radical (unpaired) electrons. The van der Waals surface area contributed by atoms with Gasteiger partial charge >= 0.3 is 0 Å². The van der Waals surface area contributed by atoms with Crippen molar-refractivity contribution in [3.63, 3.8) is 0 Å². The summed E-state index contributed by atoms with van der Waals surface area (Å²) in [7, 11) is 6.61. The average Bonchev–Trinajstić information content (AvgIpc) is 2.35. The zero-order valence-corrected chi connectivity index (χ0v) is 14.4. The van der Waals surface area contributed by atoms with Gasteiger partial charge in [-0.15, -0.1) is 0 Å². The van der Waals surface area contributed by atoms with Gasteiger partial charge in [-0.25, -0.2) is 0 Å². The van der Waals surface area contributed by atoms with Crippen molar-refractivity contribution in [2.45, 2.75) is 31.2 Å². The summed E-state index contributed by atoms with van der Waals surface area (Å²) in [5.74, 6) is 0. The molecule has 0 unspecified atom stereocenters. The Morgan fingerprint density at radius 2 is 1.95 bits per heavy atom. The van der Waals surface area contributed by atoms with Crippen LogP contribution in [0.4, 0.5) is 5.69 Å². The van der Waals surface area contributed by atoms with E-state index in [-0.39, 0.29) is 0 Å². The van der Waals surface area contributed by atoms with E-state index < -0.39 is 0 Å². The van der Waals surface area contributed by atoms with Crippen LogP contribution in [0.5, 0.6) is 0 Å². The molecule has 0 atom stereocenters. The van der Waals surface area contributed by atoms with Gasteiger partial charge in [-0.1, -0.05) is 22.0 Å². The van der Waals surface area contributed by atoms with Crippen LogP contribution in [0.25, 0.3) is 0 Å². The second kappa shape index (κ2) is 6.46. The van der Waals surface area contributed by atoms with E-state index in [2.05, 4.69) is 65.1 Å². The lowest BCUT2D eigenvalue weighted by molar-refractivity contribution is 0.0683. The molecule has 0 heterocycles. The van der Waals surface area contributed by atoms with Crippen molar-refractivity contribution in [2.75, 3.05) is 39.1 Å². The third-order valence-corrected chi connectivity index (χ3v) is 5.13. The highest BCUT2D eigenvalue weighted by atomic mass is 79.9. The topological polar surface area (TPSA) is 32.5 Å². The number of nitrogens with zero attached hydrogens (tertiary/aromatic N) is 2. The van der Waals surface area contributed by atoms with E-state index in [1.165, 1.54) is 30.5 Å². The minimum atomic E-state index is 0.344. The molecule has 1 saturated carbocycles. The van der Waals surface area contributed by atoms with Gasteiger partial charge in [0.05, 0.1) is 0 Å². The first kappa shape index (κ1) is 15.8. The van der Waals surface area contributed by atoms with Gasteiger partial charge in [0.15, 0.2) is 0 Å². The van der Waals surface area contributed by atoms with E-state index in [1.54, 1.807) is 0 Å². The molecular weight excluding hydrogens is 314 g/mol. The van der Waals surface area contributed by atoms with Gasteiger partial charge in [-0.2, -0.15) is 0 Å². The smallest absolute Gasteiger partial charge is 0.0408 e. The monoisotopic (exact) mass is 339 g/mol. The zero-order chi connectivity index (χ0) is 14.8. The Kier molecular flexibility index (Phi) is 5.10. The minimum absolute atomic E-state index is 0.344. The third kappa shape index (κ3) is 3.18. The second-order valence-electron chi connectivity index (χ2n) is 6.14. The van der Waals surface area contributed by atoms with Crippen LogP contribution in [0.2, 0.25) is 0 Å². The van der Waals surface area contributed by atoms with Gasteiger partial charge in [-0.05, 0) is 64.0 Å². The highest BCUT2D eigenvalue weighted by Crippen LogP contribution is 2.38. The van der Waals surface area contributed by atoms with Crippen molar-refractivity contribution in [1.29, 1.82) is 0 Å². The lowest BCUT2D eigenvalue weighted by Crippen LogP contribution is -2.56. The maximum atomic E-state index is 5.74. The van der Waals surface area contributed by atoms with E-state index in [0.29, 0.717) is 12.1 Å². The van der Waals surface area contributed by atoms with Crippen LogP contribution in [0.15, 0.2) is 22.7 Å². The average molecular weight is 340 g/mol. The number of benzene rings is 1. The van der Waals surface area contributed by atoms with Crippen molar-refractivity contribution >= 4 is 21.6 Å². The maximum absolute atomic E-state index is 5.74. The molecule has 0 aromatic heterocycles. The molecule has 2 N–H and O–H groups in total. The summed E-state index contributed by atoms with van der Waals surface area (Å²) in [4.78, 5) is 4.79. The molecule has 0 aliphatic heterocycles. The quantitative estimate of drug-likeness (QED) is 0.864. The van der Waals surface area contributed by atoms with Gasteiger partial charge < -0.3 is 15.5 Å². The number of hydrogen-bond acceptors (Lipinski definition) is 3. The molecule has 1 aliphatic carbocycles. The summed E-state index contributed by atoms with van der Waals surface area (Å²) >= 11 is 3.59. The number of nitrogens with two attached hydrogens (primary N) is 1. The van der Waals surface area contributed by atoms with Crippen LogP contribution in [0.1, 0.15) is 24.8 Å². The molecule has 4 heteroatoms. The summed E-state index contributed by atoms with van der Waals surface area (Å²) in [5, 5.41) is 0. The molecule has 112 valence electrons. The van der Waals surface area contributed by atoms with Crippen molar-refractivity contribution < 1.29 is 0 Å². The molecule has 0 spiro atoms. The summed E-state index contributed by atoms with van der Waals surface area (Å²) in [5.41, 5.74) is 8.73. The van der Waals surface area contributed by atoms with Gasteiger partial charge in [-0.3, -0.25) is 0 Å². The zero-order valence-electron chi connectivity index (χ0n) is 12.8. The molecule has 20 heavy (non-hydrogen) atoms. The van der Waals surface area contributed by atoms with Crippen LogP contribution in [0.3, 0.4) is 0 Å². The van der Waals surface area contributed by atoms with E-state index in [4.69, 9.17) is 5.73 Å². The van der Waals surface area contributed by atoms with Crippen molar-refractivity contribution in [1.82, 2.24) is 4.90 Å². The van der Waals surface area contributed by atoms with Gasteiger partial charge in [0.25, 0.3) is 0 Å². The molecule has 1 aliphatic rings. The molecule has 0 bridgehead atoms. The van der Waals surface area contributed by atoms with Crippen LogP contribution < -0.4 is 10.6 Å². The molecular formula is C16H26BrN3. The first-order valence-electron chi connectivity index (χ1n) is 7.35. The van der Waals surface area contributed by atoms with Crippen LogP contribution in [0, 0.1) is 0 Å². The summed E-state index contributed by atoms with van der Waals surface area (Å²) in [6.45, 7) is 1.77. The number of anilines is 1. The molecule has 1 fully saturated rings. The van der Waals surface area contributed by atoms with Crippen molar-refractivity contribution in [2.24, 2.45) is 5.73 Å². The largest absolute Gasteiger partial charge is 0.372 e. The Hall–Kier alpha value is -0.580. The predicted octanol–water partition coefficient (Wildman–Crippen LogP) is 2.87. The first-order valence-corrected chi connectivity index (χ1v) is 8.15. The SMILES string of the molecule is CN(CC1(N(C)C)CCC1)c1cc(Br)ccc1CCN. The van der Waals surface area contributed by atoms with Crippen LogP contribution >= 0.6 is 15.9 Å². The Labute approximate surface area is 131 Å². The van der Waals surface area contributed by atoms with Crippen LogP contribution in [-0.2, 0) is 6.42 Å². The normalized spacial score (nSPS) is 17.1. The van der Waals surface area contributed by atoms with Gasteiger partial charge in [0, 0.05) is 29.3 Å². The Bertz CT molecular complexity index is 455. The first-order chi connectivity index (χ1) is 9.48. The highest BCUT2D eigenvalue weighted by molar-refractivity contribution is 9.10. The van der Waals surface area contributed by atoms with Crippen molar-refractivity contribution in [3.8, 4) is 0 Å². The Morgan fingerprint density at radius 1 is 1.25 bits per heavy atom. The van der Waals surface area contributed by atoms with Crippen molar-refractivity contribution in [3.05, 3.63) is 28.2 Å². The second-order valence-corrected chi connectivity index (χ2v) is 7.06. The fourth-order valence-electron chi connectivity index (χ4n) is 3.12. The molecule has 0 amide bonds. The maximum Gasteiger partial charge on any atom is 0.0408 e. The lowest BCUT2D eigenvalue weighted by Gasteiger charge is -2.49. The fourth-order valence-corrected chi connectivity index (χ4v) is 3.47. The standard InChI is InChI=1S/C16H26BrN3/c1-19(2)16(8-4-9-16)12-20(3)15-11-14(17)6-5-13(15)7-10-18/h5-6,11H,4,7-10,12,18H2,1-3H3. The van der Waals surface area contributed by atoms with E-state index in [1.807, 2.05) is 0 Å². The fraction of sp³-hybridized carbons (Fsp3) is 0.625. The molecule has 1 aromatic carbocycles. The van der Waals surface area contributed by atoms with Gasteiger partial charge in [0.2, 0.25) is 0 Å². The number of likely N-dealkylation sites (N-methyl/N-ethyl adjacent to an activating group) is 2. The Balaban J connectivity index is 2.19. The third-order valence-electron chi connectivity index (χ3n) is 4.64. The lowest BCUT2D eigenvalue weighted by atomic mass is 9.75. The van der Waals surface area contributed by atoms with Crippen LogP contribution in [-0.4, -0.2) is 44.7 Å². The summed E-state index contributed by atoms with van der Waals surface area (Å²) < 4.78 is 1.13.